The molecule has 0 aliphatic heterocycles. The van der Waals surface area contributed by atoms with E-state index in [0.29, 0.717) is 6.04 Å². The molecule has 2 aromatic rings. The molecule has 1 atom stereocenters. The van der Waals surface area contributed by atoms with Gasteiger partial charge in [0.15, 0.2) is 0 Å². The van der Waals surface area contributed by atoms with Gasteiger partial charge in [0.1, 0.15) is 0 Å². The fraction of sp³-hybridized carbons (Fsp3) is 0.200. The SMILES string of the molecule is C[C@H](NCc1ccccc1Cl)c1cccc(Br)c1. The van der Waals surface area contributed by atoms with Crippen LogP contribution in [0.25, 0.3) is 0 Å². The van der Waals surface area contributed by atoms with E-state index in [0.717, 1.165) is 21.6 Å². The van der Waals surface area contributed by atoms with Gasteiger partial charge in [-0.05, 0) is 36.2 Å². The van der Waals surface area contributed by atoms with E-state index in [1.54, 1.807) is 0 Å². The number of hydrogen-bond acceptors (Lipinski definition) is 1. The lowest BCUT2D eigenvalue weighted by atomic mass is 10.1. The summed E-state index contributed by atoms with van der Waals surface area (Å²) in [5.41, 5.74) is 2.39. The van der Waals surface area contributed by atoms with Crippen LogP contribution in [-0.2, 0) is 6.54 Å². The summed E-state index contributed by atoms with van der Waals surface area (Å²) in [5.74, 6) is 0. The molecule has 0 heterocycles. The molecule has 0 aromatic heterocycles. The maximum Gasteiger partial charge on any atom is 0.0450 e. The molecule has 0 aliphatic rings. The van der Waals surface area contributed by atoms with E-state index in [-0.39, 0.29) is 0 Å². The van der Waals surface area contributed by atoms with Crippen LogP contribution in [0.3, 0.4) is 0 Å². The van der Waals surface area contributed by atoms with Gasteiger partial charge >= 0.3 is 0 Å². The number of rotatable bonds is 4. The Labute approximate surface area is 121 Å². The van der Waals surface area contributed by atoms with E-state index < -0.39 is 0 Å². The topological polar surface area (TPSA) is 12.0 Å². The van der Waals surface area contributed by atoms with Crippen LogP contribution in [0.4, 0.5) is 0 Å². The molecule has 3 heteroatoms. The average Bonchev–Trinajstić information content (AvgIpc) is 2.37. The molecule has 0 bridgehead atoms. The van der Waals surface area contributed by atoms with Gasteiger partial charge in [0.25, 0.3) is 0 Å². The largest absolute Gasteiger partial charge is 0.306 e. The molecule has 2 rings (SSSR count). The van der Waals surface area contributed by atoms with E-state index in [4.69, 9.17) is 11.6 Å². The normalized spacial score (nSPS) is 12.4. The number of halogens is 2. The lowest BCUT2D eigenvalue weighted by molar-refractivity contribution is 0.574. The zero-order valence-corrected chi connectivity index (χ0v) is 12.5. The Hall–Kier alpha value is -0.830. The molecule has 0 unspecified atom stereocenters. The summed E-state index contributed by atoms with van der Waals surface area (Å²) in [6.45, 7) is 2.92. The smallest absolute Gasteiger partial charge is 0.0450 e. The highest BCUT2D eigenvalue weighted by Crippen LogP contribution is 2.20. The van der Waals surface area contributed by atoms with Crippen molar-refractivity contribution < 1.29 is 0 Å². The second-order valence-corrected chi connectivity index (χ2v) is 5.57. The van der Waals surface area contributed by atoms with E-state index >= 15 is 0 Å². The standard InChI is InChI=1S/C15H15BrClN/c1-11(12-6-4-7-14(16)9-12)18-10-13-5-2-3-8-15(13)17/h2-9,11,18H,10H2,1H3/t11-/m0/s1. The third-order valence-corrected chi connectivity index (χ3v) is 3.77. The molecule has 1 nitrogen and oxygen atoms in total. The molecule has 0 spiro atoms. The van der Waals surface area contributed by atoms with Crippen molar-refractivity contribution in [2.75, 3.05) is 0 Å². The van der Waals surface area contributed by atoms with Gasteiger partial charge in [-0.15, -0.1) is 0 Å². The Bertz CT molecular complexity index is 527. The van der Waals surface area contributed by atoms with Crippen LogP contribution in [0, 0.1) is 0 Å². The molecule has 0 radical (unpaired) electrons. The summed E-state index contributed by atoms with van der Waals surface area (Å²) in [6.07, 6.45) is 0. The molecule has 0 saturated heterocycles. The quantitative estimate of drug-likeness (QED) is 0.838. The van der Waals surface area contributed by atoms with Crippen molar-refractivity contribution >= 4 is 27.5 Å². The van der Waals surface area contributed by atoms with Crippen molar-refractivity contribution in [2.24, 2.45) is 0 Å². The molecule has 1 N–H and O–H groups in total. The van der Waals surface area contributed by atoms with Crippen molar-refractivity contribution in [2.45, 2.75) is 19.5 Å². The minimum atomic E-state index is 0.291. The van der Waals surface area contributed by atoms with Gasteiger partial charge in [-0.1, -0.05) is 57.9 Å². The number of nitrogens with one attached hydrogen (secondary N) is 1. The fourth-order valence-corrected chi connectivity index (χ4v) is 2.42. The maximum atomic E-state index is 6.13. The minimum Gasteiger partial charge on any atom is -0.306 e. The van der Waals surface area contributed by atoms with Crippen molar-refractivity contribution in [3.63, 3.8) is 0 Å². The van der Waals surface area contributed by atoms with E-state index in [2.05, 4.69) is 40.3 Å². The molecule has 0 fully saturated rings. The lowest BCUT2D eigenvalue weighted by Crippen LogP contribution is -2.18. The Kier molecular flexibility index (Phi) is 4.81. The third-order valence-electron chi connectivity index (χ3n) is 2.91. The van der Waals surface area contributed by atoms with E-state index in [1.165, 1.54) is 5.56 Å². The summed E-state index contributed by atoms with van der Waals surface area (Å²) in [7, 11) is 0. The van der Waals surface area contributed by atoms with Crippen LogP contribution in [0.5, 0.6) is 0 Å². The van der Waals surface area contributed by atoms with Crippen LogP contribution in [0.15, 0.2) is 53.0 Å². The van der Waals surface area contributed by atoms with Crippen molar-refractivity contribution in [3.8, 4) is 0 Å². The Morgan fingerprint density at radius 2 is 1.94 bits per heavy atom. The second-order valence-electron chi connectivity index (χ2n) is 4.25. The van der Waals surface area contributed by atoms with Crippen LogP contribution in [0.2, 0.25) is 5.02 Å². The lowest BCUT2D eigenvalue weighted by Gasteiger charge is -2.15. The van der Waals surface area contributed by atoms with Gasteiger partial charge in [-0.25, -0.2) is 0 Å². The number of hydrogen-bond donors (Lipinski definition) is 1. The molecule has 94 valence electrons. The van der Waals surface area contributed by atoms with Crippen LogP contribution < -0.4 is 5.32 Å². The zero-order chi connectivity index (χ0) is 13.0. The Morgan fingerprint density at radius 3 is 2.67 bits per heavy atom. The predicted molar refractivity (Wildman–Crippen MR) is 80.8 cm³/mol. The first kappa shape index (κ1) is 13.6. The van der Waals surface area contributed by atoms with Crippen molar-refractivity contribution in [1.82, 2.24) is 5.32 Å². The molecule has 2 aromatic carbocycles. The van der Waals surface area contributed by atoms with E-state index in [9.17, 15) is 0 Å². The van der Waals surface area contributed by atoms with Crippen molar-refractivity contribution in [3.05, 3.63) is 69.2 Å². The fourth-order valence-electron chi connectivity index (χ4n) is 1.80. The molecule has 0 saturated carbocycles. The van der Waals surface area contributed by atoms with Gasteiger partial charge in [-0.3, -0.25) is 0 Å². The summed E-state index contributed by atoms with van der Waals surface area (Å²) in [4.78, 5) is 0. The van der Waals surface area contributed by atoms with Crippen LogP contribution in [-0.4, -0.2) is 0 Å². The van der Waals surface area contributed by atoms with Gasteiger partial charge < -0.3 is 5.32 Å². The average molecular weight is 325 g/mol. The monoisotopic (exact) mass is 323 g/mol. The highest BCUT2D eigenvalue weighted by Gasteiger charge is 2.06. The summed E-state index contributed by atoms with van der Waals surface area (Å²) in [5, 5.41) is 4.29. The first-order chi connectivity index (χ1) is 8.66. The summed E-state index contributed by atoms with van der Waals surface area (Å²) in [6, 6.07) is 16.5. The first-order valence-electron chi connectivity index (χ1n) is 5.89. The minimum absolute atomic E-state index is 0.291. The molecular weight excluding hydrogens is 310 g/mol. The van der Waals surface area contributed by atoms with E-state index in [1.807, 2.05) is 36.4 Å². The summed E-state index contributed by atoms with van der Waals surface area (Å²) < 4.78 is 1.10. The molecular formula is C15H15BrClN. The van der Waals surface area contributed by atoms with Gasteiger partial charge in [0, 0.05) is 22.1 Å². The molecule has 18 heavy (non-hydrogen) atoms. The van der Waals surface area contributed by atoms with Gasteiger partial charge in [0.2, 0.25) is 0 Å². The predicted octanol–water partition coefficient (Wildman–Crippen LogP) is 4.95. The van der Waals surface area contributed by atoms with Crippen LogP contribution >= 0.6 is 27.5 Å². The first-order valence-corrected chi connectivity index (χ1v) is 7.06. The molecule has 0 amide bonds. The van der Waals surface area contributed by atoms with Crippen LogP contribution in [0.1, 0.15) is 24.1 Å². The van der Waals surface area contributed by atoms with Gasteiger partial charge in [-0.2, -0.15) is 0 Å². The zero-order valence-electron chi connectivity index (χ0n) is 10.2. The highest BCUT2D eigenvalue weighted by molar-refractivity contribution is 9.10. The van der Waals surface area contributed by atoms with Crippen molar-refractivity contribution in [1.29, 1.82) is 0 Å². The maximum absolute atomic E-state index is 6.13. The Balaban J connectivity index is 2.00. The molecule has 0 aliphatic carbocycles. The number of benzene rings is 2. The highest BCUT2D eigenvalue weighted by atomic mass is 79.9. The Morgan fingerprint density at radius 1 is 1.17 bits per heavy atom. The van der Waals surface area contributed by atoms with Gasteiger partial charge in [0.05, 0.1) is 0 Å². The third kappa shape index (κ3) is 3.58. The second kappa shape index (κ2) is 6.37. The summed E-state index contributed by atoms with van der Waals surface area (Å²) >= 11 is 9.62.